The standard InChI is InChI=1S/C11H19N2/c1-4-5-8-13-9-6-11(7-10-13)12(2)3/h6-7,9-10H,4-5,8H2,1-3H3/q+1. The van der Waals surface area contributed by atoms with E-state index in [1.165, 1.54) is 18.5 Å². The van der Waals surface area contributed by atoms with Crippen molar-refractivity contribution in [2.24, 2.45) is 0 Å². The van der Waals surface area contributed by atoms with Crippen LogP contribution in [0.3, 0.4) is 0 Å². The van der Waals surface area contributed by atoms with E-state index in [-0.39, 0.29) is 0 Å². The molecule has 0 aliphatic heterocycles. The zero-order valence-electron chi connectivity index (χ0n) is 8.83. The van der Waals surface area contributed by atoms with Crippen molar-refractivity contribution in [2.75, 3.05) is 19.0 Å². The summed E-state index contributed by atoms with van der Waals surface area (Å²) in [6.07, 6.45) is 6.80. The quantitative estimate of drug-likeness (QED) is 0.640. The second-order valence-electron chi connectivity index (χ2n) is 3.54. The van der Waals surface area contributed by atoms with Crippen molar-refractivity contribution in [2.45, 2.75) is 26.3 Å². The number of rotatable bonds is 4. The normalized spacial score (nSPS) is 10.1. The molecule has 0 radical (unpaired) electrons. The van der Waals surface area contributed by atoms with Crippen LogP contribution < -0.4 is 9.47 Å². The summed E-state index contributed by atoms with van der Waals surface area (Å²) in [5.41, 5.74) is 1.26. The van der Waals surface area contributed by atoms with Crippen LogP contribution in [0, 0.1) is 0 Å². The Morgan fingerprint density at radius 1 is 1.23 bits per heavy atom. The van der Waals surface area contributed by atoms with Crippen LogP contribution >= 0.6 is 0 Å². The minimum Gasteiger partial charge on any atom is -0.377 e. The van der Waals surface area contributed by atoms with Gasteiger partial charge in [0.2, 0.25) is 0 Å². The predicted octanol–water partition coefficient (Wildman–Crippen LogP) is 1.84. The van der Waals surface area contributed by atoms with Gasteiger partial charge in [-0.15, -0.1) is 0 Å². The third kappa shape index (κ3) is 3.05. The van der Waals surface area contributed by atoms with Crippen LogP contribution in [0.4, 0.5) is 5.69 Å². The van der Waals surface area contributed by atoms with Crippen molar-refractivity contribution in [1.29, 1.82) is 0 Å². The smallest absolute Gasteiger partial charge is 0.170 e. The topological polar surface area (TPSA) is 7.12 Å². The number of anilines is 1. The van der Waals surface area contributed by atoms with Crippen molar-refractivity contribution in [3.63, 3.8) is 0 Å². The summed E-state index contributed by atoms with van der Waals surface area (Å²) >= 11 is 0. The Bertz CT molecular complexity index is 239. The average molecular weight is 179 g/mol. The lowest BCUT2D eigenvalue weighted by Crippen LogP contribution is -2.32. The van der Waals surface area contributed by atoms with E-state index in [4.69, 9.17) is 0 Å². The maximum absolute atomic E-state index is 2.23. The average Bonchev–Trinajstić information content (AvgIpc) is 2.15. The van der Waals surface area contributed by atoms with Crippen LogP contribution in [-0.4, -0.2) is 14.1 Å². The van der Waals surface area contributed by atoms with Crippen LogP contribution in [0.1, 0.15) is 19.8 Å². The molecule has 2 heteroatoms. The summed E-state index contributed by atoms with van der Waals surface area (Å²) in [7, 11) is 4.12. The first-order valence-electron chi connectivity index (χ1n) is 4.90. The van der Waals surface area contributed by atoms with Gasteiger partial charge in [-0.05, 0) is 0 Å². The Morgan fingerprint density at radius 2 is 1.85 bits per heavy atom. The van der Waals surface area contributed by atoms with Gasteiger partial charge in [0.1, 0.15) is 6.54 Å². The van der Waals surface area contributed by atoms with E-state index in [2.05, 4.69) is 55.0 Å². The fourth-order valence-electron chi connectivity index (χ4n) is 1.24. The molecular weight excluding hydrogens is 160 g/mol. The SMILES string of the molecule is CCCC[n+]1ccc(N(C)C)cc1. The van der Waals surface area contributed by atoms with Crippen LogP contribution in [0.25, 0.3) is 0 Å². The molecular formula is C11H19N2+. The summed E-state index contributed by atoms with van der Waals surface area (Å²) in [5.74, 6) is 0. The van der Waals surface area contributed by atoms with E-state index < -0.39 is 0 Å². The molecule has 0 aliphatic carbocycles. The molecule has 1 rings (SSSR count). The highest BCUT2D eigenvalue weighted by molar-refractivity contribution is 5.41. The van der Waals surface area contributed by atoms with E-state index in [1.54, 1.807) is 0 Å². The van der Waals surface area contributed by atoms with Crippen molar-refractivity contribution < 1.29 is 4.57 Å². The second-order valence-corrected chi connectivity index (χ2v) is 3.54. The van der Waals surface area contributed by atoms with Crippen LogP contribution in [0.15, 0.2) is 24.5 Å². The summed E-state index contributed by atoms with van der Waals surface area (Å²) < 4.78 is 2.23. The molecule has 0 unspecified atom stereocenters. The molecule has 0 saturated carbocycles. The van der Waals surface area contributed by atoms with Gasteiger partial charge in [0.15, 0.2) is 12.4 Å². The lowest BCUT2D eigenvalue weighted by molar-refractivity contribution is -0.697. The molecule has 2 nitrogen and oxygen atoms in total. The van der Waals surface area contributed by atoms with E-state index >= 15 is 0 Å². The molecule has 1 aromatic heterocycles. The zero-order valence-corrected chi connectivity index (χ0v) is 8.83. The zero-order chi connectivity index (χ0) is 9.68. The Kier molecular flexibility index (Phi) is 3.74. The van der Waals surface area contributed by atoms with Crippen LogP contribution in [0.2, 0.25) is 0 Å². The first kappa shape index (κ1) is 10.0. The van der Waals surface area contributed by atoms with Gasteiger partial charge in [0.05, 0.1) is 0 Å². The van der Waals surface area contributed by atoms with Gasteiger partial charge < -0.3 is 4.90 Å². The van der Waals surface area contributed by atoms with Gasteiger partial charge in [-0.1, -0.05) is 13.3 Å². The van der Waals surface area contributed by atoms with Crippen molar-refractivity contribution in [3.05, 3.63) is 24.5 Å². The summed E-state index contributed by atoms with van der Waals surface area (Å²) in [6, 6.07) is 4.30. The molecule has 72 valence electrons. The van der Waals surface area contributed by atoms with Crippen LogP contribution in [0.5, 0.6) is 0 Å². The maximum Gasteiger partial charge on any atom is 0.170 e. The summed E-state index contributed by atoms with van der Waals surface area (Å²) in [4.78, 5) is 2.12. The number of aromatic nitrogens is 1. The number of hydrogen-bond donors (Lipinski definition) is 0. The number of nitrogens with zero attached hydrogens (tertiary/aromatic N) is 2. The molecule has 1 aromatic rings. The third-order valence-corrected chi connectivity index (χ3v) is 2.16. The van der Waals surface area contributed by atoms with Crippen molar-refractivity contribution in [3.8, 4) is 0 Å². The highest BCUT2D eigenvalue weighted by atomic mass is 15.1. The first-order chi connectivity index (χ1) is 6.24. The Morgan fingerprint density at radius 3 is 2.31 bits per heavy atom. The molecule has 0 N–H and O–H groups in total. The summed E-state index contributed by atoms with van der Waals surface area (Å²) in [6.45, 7) is 3.35. The Balaban J connectivity index is 2.59. The van der Waals surface area contributed by atoms with Crippen LogP contribution in [-0.2, 0) is 6.54 Å². The molecule has 0 saturated heterocycles. The number of aryl methyl sites for hydroxylation is 1. The highest BCUT2D eigenvalue weighted by Gasteiger charge is 2.00. The van der Waals surface area contributed by atoms with Gasteiger partial charge in [0, 0.05) is 38.3 Å². The van der Waals surface area contributed by atoms with Gasteiger partial charge >= 0.3 is 0 Å². The predicted molar refractivity (Wildman–Crippen MR) is 55.9 cm³/mol. The minimum atomic E-state index is 1.13. The molecule has 1 heterocycles. The van der Waals surface area contributed by atoms with Gasteiger partial charge in [-0.2, -0.15) is 0 Å². The Hall–Kier alpha value is -1.05. The monoisotopic (exact) mass is 179 g/mol. The fraction of sp³-hybridized carbons (Fsp3) is 0.545. The van der Waals surface area contributed by atoms with Crippen molar-refractivity contribution in [1.82, 2.24) is 0 Å². The lowest BCUT2D eigenvalue weighted by Gasteiger charge is -2.10. The van der Waals surface area contributed by atoms with Gasteiger partial charge in [-0.25, -0.2) is 4.57 Å². The Labute approximate surface area is 80.8 Å². The van der Waals surface area contributed by atoms with Gasteiger partial charge in [0.25, 0.3) is 0 Å². The van der Waals surface area contributed by atoms with Crippen molar-refractivity contribution >= 4 is 5.69 Å². The third-order valence-electron chi connectivity index (χ3n) is 2.16. The van der Waals surface area contributed by atoms with E-state index in [9.17, 15) is 0 Å². The molecule has 0 amide bonds. The molecule has 0 spiro atoms. The maximum atomic E-state index is 2.23. The minimum absolute atomic E-state index is 1.13. The molecule has 0 aromatic carbocycles. The fourth-order valence-corrected chi connectivity index (χ4v) is 1.24. The first-order valence-corrected chi connectivity index (χ1v) is 4.90. The second kappa shape index (κ2) is 4.85. The molecule has 0 bridgehead atoms. The number of hydrogen-bond acceptors (Lipinski definition) is 1. The lowest BCUT2D eigenvalue weighted by atomic mass is 10.3. The summed E-state index contributed by atoms with van der Waals surface area (Å²) in [5, 5.41) is 0. The molecule has 0 aliphatic rings. The van der Waals surface area contributed by atoms with E-state index in [1.807, 2.05) is 0 Å². The molecule has 0 atom stereocenters. The van der Waals surface area contributed by atoms with E-state index in [0.717, 1.165) is 6.54 Å². The highest BCUT2D eigenvalue weighted by Crippen LogP contribution is 2.05. The largest absolute Gasteiger partial charge is 0.377 e. The van der Waals surface area contributed by atoms with Gasteiger partial charge in [-0.3, -0.25) is 0 Å². The number of unbranched alkanes of at least 4 members (excludes halogenated alkanes) is 1. The number of pyridine rings is 1. The molecule has 13 heavy (non-hydrogen) atoms. The van der Waals surface area contributed by atoms with E-state index in [0.29, 0.717) is 0 Å². The molecule has 0 fully saturated rings.